The lowest BCUT2D eigenvalue weighted by atomic mass is 9.97. The molecule has 0 spiro atoms. The molecule has 1 N–H and O–H groups in total. The second kappa shape index (κ2) is 8.16. The molecule has 1 aliphatic carbocycles. The molecule has 1 aliphatic rings. The maximum atomic E-state index is 12.9. The van der Waals surface area contributed by atoms with E-state index in [0.717, 1.165) is 36.1 Å². The normalized spacial score (nSPS) is 13.1. The van der Waals surface area contributed by atoms with Crippen LogP contribution < -0.4 is 10.9 Å². The van der Waals surface area contributed by atoms with E-state index < -0.39 is 5.97 Å². The fourth-order valence-corrected chi connectivity index (χ4v) is 4.77. The molecule has 1 aromatic carbocycles. The highest BCUT2D eigenvalue weighted by Crippen LogP contribution is 2.33. The maximum Gasteiger partial charge on any atom is 0.338 e. The summed E-state index contributed by atoms with van der Waals surface area (Å²) in [7, 11) is 0. The Labute approximate surface area is 171 Å². The number of carbonyl (C=O) groups is 2. The summed E-state index contributed by atoms with van der Waals surface area (Å²) in [6.45, 7) is 1.93. The van der Waals surface area contributed by atoms with Gasteiger partial charge < -0.3 is 10.1 Å². The van der Waals surface area contributed by atoms with Crippen LogP contribution in [0, 0.1) is 0 Å². The van der Waals surface area contributed by atoms with Gasteiger partial charge in [-0.3, -0.25) is 14.2 Å². The van der Waals surface area contributed by atoms with E-state index in [1.54, 1.807) is 42.5 Å². The summed E-state index contributed by atoms with van der Waals surface area (Å²) in [6.07, 6.45) is 5.56. The summed E-state index contributed by atoms with van der Waals surface area (Å²) in [5.41, 5.74) is 1.90. The number of rotatable bonds is 5. The number of carbonyl (C=O) groups excluding carboxylic acids is 2. The smallest absolute Gasteiger partial charge is 0.338 e. The predicted molar refractivity (Wildman–Crippen MR) is 112 cm³/mol. The average molecular weight is 411 g/mol. The molecule has 8 heteroatoms. The van der Waals surface area contributed by atoms with E-state index in [-0.39, 0.29) is 18.0 Å². The first-order chi connectivity index (χ1) is 14.1. The fourth-order valence-electron chi connectivity index (χ4n) is 3.55. The van der Waals surface area contributed by atoms with Crippen LogP contribution in [0.1, 0.15) is 40.6 Å². The Kier molecular flexibility index (Phi) is 5.44. The second-order valence-electron chi connectivity index (χ2n) is 6.91. The number of fused-ring (bicyclic) bond motifs is 3. The van der Waals surface area contributed by atoms with Crippen LogP contribution in [0.5, 0.6) is 0 Å². The number of ether oxygens (including phenoxy) is 1. The largest absolute Gasteiger partial charge is 0.462 e. The van der Waals surface area contributed by atoms with Gasteiger partial charge in [0.2, 0.25) is 5.91 Å². The van der Waals surface area contributed by atoms with Crippen LogP contribution in [-0.2, 0) is 28.9 Å². The molecule has 7 nitrogen and oxygen atoms in total. The van der Waals surface area contributed by atoms with Crippen molar-refractivity contribution >= 4 is 39.1 Å². The van der Waals surface area contributed by atoms with Crippen molar-refractivity contribution in [2.24, 2.45) is 0 Å². The molecule has 0 unspecified atom stereocenters. The number of amides is 1. The molecule has 0 atom stereocenters. The SMILES string of the molecule is CCOC(=O)c1ccc(NC(=O)Cn2cnc3sc4c(c3c2=O)CCCC4)cc1. The van der Waals surface area contributed by atoms with Crippen molar-refractivity contribution < 1.29 is 14.3 Å². The third kappa shape index (κ3) is 3.93. The molecule has 0 aliphatic heterocycles. The first-order valence-corrected chi connectivity index (χ1v) is 10.4. The Balaban J connectivity index is 1.50. The number of nitrogens with zero attached hydrogens (tertiary/aromatic N) is 2. The molecule has 0 radical (unpaired) electrons. The summed E-state index contributed by atoms with van der Waals surface area (Å²) in [5, 5.41) is 3.41. The fraction of sp³-hybridized carbons (Fsp3) is 0.333. The first-order valence-electron chi connectivity index (χ1n) is 9.63. The van der Waals surface area contributed by atoms with Gasteiger partial charge in [-0.15, -0.1) is 11.3 Å². The van der Waals surface area contributed by atoms with E-state index in [4.69, 9.17) is 4.74 Å². The zero-order valence-corrected chi connectivity index (χ0v) is 16.9. The van der Waals surface area contributed by atoms with Crippen LogP contribution in [0.2, 0.25) is 0 Å². The van der Waals surface area contributed by atoms with Crippen molar-refractivity contribution in [2.75, 3.05) is 11.9 Å². The summed E-state index contributed by atoms with van der Waals surface area (Å²) in [5.74, 6) is -0.739. The standard InChI is InChI=1S/C21H21N3O4S/c1-2-28-21(27)13-7-9-14(10-8-13)23-17(25)11-24-12-22-19-18(20(24)26)15-5-3-4-6-16(15)29-19/h7-10,12H,2-6,11H2,1H3,(H,23,25). The van der Waals surface area contributed by atoms with Gasteiger partial charge in [0.1, 0.15) is 11.4 Å². The lowest BCUT2D eigenvalue weighted by Gasteiger charge is -2.11. The summed E-state index contributed by atoms with van der Waals surface area (Å²) >= 11 is 1.59. The third-order valence-corrected chi connectivity index (χ3v) is 6.14. The number of benzene rings is 1. The number of hydrogen-bond donors (Lipinski definition) is 1. The Morgan fingerprint density at radius 3 is 2.72 bits per heavy atom. The highest BCUT2D eigenvalue weighted by molar-refractivity contribution is 7.18. The van der Waals surface area contributed by atoms with Crippen LogP contribution in [0.3, 0.4) is 0 Å². The Bertz CT molecular complexity index is 1130. The number of thiophene rings is 1. The molecule has 4 rings (SSSR count). The van der Waals surface area contributed by atoms with Gasteiger partial charge in [0.15, 0.2) is 0 Å². The van der Waals surface area contributed by atoms with E-state index in [1.807, 2.05) is 0 Å². The van der Waals surface area contributed by atoms with Crippen molar-refractivity contribution in [3.63, 3.8) is 0 Å². The third-order valence-electron chi connectivity index (χ3n) is 4.94. The van der Waals surface area contributed by atoms with Gasteiger partial charge in [-0.1, -0.05) is 0 Å². The zero-order valence-electron chi connectivity index (χ0n) is 16.1. The van der Waals surface area contributed by atoms with Crippen LogP contribution in [0.15, 0.2) is 35.4 Å². The Morgan fingerprint density at radius 1 is 1.21 bits per heavy atom. The highest BCUT2D eigenvalue weighted by atomic mass is 32.1. The monoisotopic (exact) mass is 411 g/mol. The van der Waals surface area contributed by atoms with Crippen molar-refractivity contribution in [3.8, 4) is 0 Å². The van der Waals surface area contributed by atoms with Crippen molar-refractivity contribution in [1.29, 1.82) is 0 Å². The lowest BCUT2D eigenvalue weighted by molar-refractivity contribution is -0.116. The van der Waals surface area contributed by atoms with Crippen LogP contribution in [0.25, 0.3) is 10.2 Å². The number of aryl methyl sites for hydroxylation is 2. The molecule has 1 amide bonds. The molecule has 0 saturated carbocycles. The summed E-state index contributed by atoms with van der Waals surface area (Å²) in [4.78, 5) is 43.5. The van der Waals surface area contributed by atoms with Gasteiger partial charge in [0, 0.05) is 10.6 Å². The second-order valence-corrected chi connectivity index (χ2v) is 8.00. The molecule has 0 saturated heterocycles. The first kappa shape index (κ1) is 19.3. The molecule has 3 aromatic rings. The minimum absolute atomic E-state index is 0.119. The minimum Gasteiger partial charge on any atom is -0.462 e. The van der Waals surface area contributed by atoms with Gasteiger partial charge >= 0.3 is 5.97 Å². The van der Waals surface area contributed by atoms with Gasteiger partial charge in [-0.05, 0) is 62.4 Å². The number of hydrogen-bond acceptors (Lipinski definition) is 6. The predicted octanol–water partition coefficient (Wildman–Crippen LogP) is 3.15. The topological polar surface area (TPSA) is 90.3 Å². The lowest BCUT2D eigenvalue weighted by Crippen LogP contribution is -2.28. The Morgan fingerprint density at radius 2 is 1.97 bits per heavy atom. The number of nitrogens with one attached hydrogen (secondary N) is 1. The van der Waals surface area contributed by atoms with Gasteiger partial charge in [0.05, 0.1) is 23.9 Å². The molecular formula is C21H21N3O4S. The molecule has 150 valence electrons. The van der Waals surface area contributed by atoms with E-state index in [1.165, 1.54) is 15.8 Å². The van der Waals surface area contributed by atoms with Crippen LogP contribution in [0.4, 0.5) is 5.69 Å². The van der Waals surface area contributed by atoms with Crippen molar-refractivity contribution in [2.45, 2.75) is 39.2 Å². The van der Waals surface area contributed by atoms with E-state index in [9.17, 15) is 14.4 Å². The number of anilines is 1. The van der Waals surface area contributed by atoms with Crippen molar-refractivity contribution in [3.05, 3.63) is 57.0 Å². The molecule has 0 bridgehead atoms. The number of aromatic nitrogens is 2. The van der Waals surface area contributed by atoms with Gasteiger partial charge in [0.25, 0.3) is 5.56 Å². The molecule has 2 aromatic heterocycles. The maximum absolute atomic E-state index is 12.9. The van der Waals surface area contributed by atoms with Gasteiger partial charge in [-0.25, -0.2) is 9.78 Å². The summed E-state index contributed by atoms with van der Waals surface area (Å²) < 4.78 is 6.29. The minimum atomic E-state index is -0.407. The molecule has 0 fully saturated rings. The van der Waals surface area contributed by atoms with Crippen LogP contribution >= 0.6 is 11.3 Å². The number of esters is 1. The van der Waals surface area contributed by atoms with E-state index in [0.29, 0.717) is 23.2 Å². The van der Waals surface area contributed by atoms with E-state index in [2.05, 4.69) is 10.3 Å². The average Bonchev–Trinajstić information content (AvgIpc) is 3.10. The summed E-state index contributed by atoms with van der Waals surface area (Å²) in [6, 6.07) is 6.43. The molecule has 2 heterocycles. The molecular weight excluding hydrogens is 390 g/mol. The zero-order chi connectivity index (χ0) is 20.4. The van der Waals surface area contributed by atoms with Gasteiger partial charge in [-0.2, -0.15) is 0 Å². The molecule has 29 heavy (non-hydrogen) atoms. The quantitative estimate of drug-likeness (QED) is 0.652. The van der Waals surface area contributed by atoms with Crippen molar-refractivity contribution in [1.82, 2.24) is 9.55 Å². The highest BCUT2D eigenvalue weighted by Gasteiger charge is 2.20. The van der Waals surface area contributed by atoms with E-state index >= 15 is 0 Å². The Hall–Kier alpha value is -3.00. The van der Waals surface area contributed by atoms with Crippen LogP contribution in [-0.4, -0.2) is 28.0 Å².